The summed E-state index contributed by atoms with van der Waals surface area (Å²) >= 11 is 0. The van der Waals surface area contributed by atoms with Gasteiger partial charge in [-0.25, -0.2) is 18.6 Å². The van der Waals surface area contributed by atoms with Crippen LogP contribution in [0.4, 0.5) is 5.69 Å². The van der Waals surface area contributed by atoms with E-state index in [-0.39, 0.29) is 16.8 Å². The van der Waals surface area contributed by atoms with Crippen molar-refractivity contribution in [2.75, 3.05) is 11.9 Å². The van der Waals surface area contributed by atoms with Gasteiger partial charge < -0.3 is 5.32 Å². The zero-order valence-corrected chi connectivity index (χ0v) is 14.9. The lowest BCUT2D eigenvalue weighted by molar-refractivity contribution is -0.117. The molecule has 8 heteroatoms. The fourth-order valence-electron chi connectivity index (χ4n) is 2.60. The third kappa shape index (κ3) is 5.01. The number of carbonyl (C=O) groups is 1. The number of amides is 1. The fraction of sp³-hybridized carbons (Fsp3) is 0.562. The zero-order valence-electron chi connectivity index (χ0n) is 14.1. The van der Waals surface area contributed by atoms with Crippen molar-refractivity contribution in [1.29, 1.82) is 0 Å². The lowest BCUT2D eigenvalue weighted by Crippen LogP contribution is -2.40. The number of hydrogen-bond donors (Lipinski definition) is 4. The lowest BCUT2D eigenvalue weighted by Gasteiger charge is -2.11. The number of rotatable bonds is 8. The first-order chi connectivity index (χ1) is 11.5. The highest BCUT2D eigenvalue weighted by Crippen LogP contribution is 2.16. The van der Waals surface area contributed by atoms with Crippen molar-refractivity contribution in [2.45, 2.75) is 56.5 Å². The number of sulfonamides is 1. The number of carbonyl (C=O) groups excluding carboxylic acids is 1. The molecule has 134 valence electrons. The van der Waals surface area contributed by atoms with Crippen molar-refractivity contribution in [3.8, 4) is 0 Å². The molecule has 2 atom stereocenters. The Kier molecular flexibility index (Phi) is 6.73. The van der Waals surface area contributed by atoms with Crippen LogP contribution >= 0.6 is 0 Å². The molecule has 0 spiro atoms. The van der Waals surface area contributed by atoms with Crippen LogP contribution in [0.2, 0.25) is 0 Å². The van der Waals surface area contributed by atoms with Crippen molar-refractivity contribution in [3.05, 3.63) is 24.3 Å². The standard InChI is InChI=1S/C16H26N4O3S/c1-3-5-13-11-15(20-19-13)16(21)18-12-6-8-14(9-7-12)24(22,23)17-10-4-2/h6-9,13,15,17,19-20H,3-5,10-11H2,1-2H3,(H,18,21). The average molecular weight is 354 g/mol. The average Bonchev–Trinajstić information content (AvgIpc) is 3.03. The minimum atomic E-state index is -3.48. The molecule has 1 aromatic carbocycles. The van der Waals surface area contributed by atoms with Gasteiger partial charge in [0.1, 0.15) is 6.04 Å². The molecule has 1 amide bonds. The van der Waals surface area contributed by atoms with E-state index in [0.29, 0.717) is 18.3 Å². The highest BCUT2D eigenvalue weighted by Gasteiger charge is 2.28. The van der Waals surface area contributed by atoms with Crippen LogP contribution < -0.4 is 20.9 Å². The Balaban J connectivity index is 1.93. The Morgan fingerprint density at radius 1 is 1.17 bits per heavy atom. The van der Waals surface area contributed by atoms with Gasteiger partial charge in [0.05, 0.1) is 4.90 Å². The summed E-state index contributed by atoms with van der Waals surface area (Å²) in [4.78, 5) is 12.4. The summed E-state index contributed by atoms with van der Waals surface area (Å²) in [6.45, 7) is 4.41. The highest BCUT2D eigenvalue weighted by atomic mass is 32.2. The molecule has 1 aromatic rings. The van der Waals surface area contributed by atoms with Crippen molar-refractivity contribution < 1.29 is 13.2 Å². The molecule has 1 saturated heterocycles. The number of benzene rings is 1. The minimum Gasteiger partial charge on any atom is -0.325 e. The molecular weight excluding hydrogens is 328 g/mol. The first-order valence-electron chi connectivity index (χ1n) is 8.38. The van der Waals surface area contributed by atoms with E-state index >= 15 is 0 Å². The summed E-state index contributed by atoms with van der Waals surface area (Å²) in [5.41, 5.74) is 6.71. The first-order valence-corrected chi connectivity index (χ1v) is 9.86. The number of hydrazine groups is 1. The molecule has 0 aliphatic carbocycles. The van der Waals surface area contributed by atoms with Crippen molar-refractivity contribution in [2.24, 2.45) is 0 Å². The monoisotopic (exact) mass is 354 g/mol. The van der Waals surface area contributed by atoms with Gasteiger partial charge in [-0.1, -0.05) is 20.3 Å². The van der Waals surface area contributed by atoms with Crippen LogP contribution in [-0.2, 0) is 14.8 Å². The van der Waals surface area contributed by atoms with Gasteiger partial charge in [0.25, 0.3) is 0 Å². The number of anilines is 1. The van der Waals surface area contributed by atoms with Gasteiger partial charge in [-0.15, -0.1) is 0 Å². The topological polar surface area (TPSA) is 99.3 Å². The van der Waals surface area contributed by atoms with E-state index in [1.807, 2.05) is 6.92 Å². The normalized spacial score (nSPS) is 20.9. The van der Waals surface area contributed by atoms with Gasteiger partial charge in [-0.3, -0.25) is 10.2 Å². The Hall–Kier alpha value is -1.48. The van der Waals surface area contributed by atoms with Gasteiger partial charge in [0.15, 0.2) is 0 Å². The Labute approximate surface area is 143 Å². The van der Waals surface area contributed by atoms with E-state index in [1.54, 1.807) is 12.1 Å². The van der Waals surface area contributed by atoms with Crippen LogP contribution in [0.15, 0.2) is 29.2 Å². The summed E-state index contributed by atoms with van der Waals surface area (Å²) in [7, 11) is -3.48. The minimum absolute atomic E-state index is 0.124. The Morgan fingerprint density at radius 3 is 2.50 bits per heavy atom. The summed E-state index contributed by atoms with van der Waals surface area (Å²) in [6, 6.07) is 6.22. The Bertz CT molecular complexity index is 646. The maximum absolute atomic E-state index is 12.2. The smallest absolute Gasteiger partial charge is 0.242 e. The highest BCUT2D eigenvalue weighted by molar-refractivity contribution is 7.89. The lowest BCUT2D eigenvalue weighted by atomic mass is 10.1. The van der Waals surface area contributed by atoms with Gasteiger partial charge in [0.2, 0.25) is 15.9 Å². The maximum Gasteiger partial charge on any atom is 0.242 e. The molecule has 0 aromatic heterocycles. The maximum atomic E-state index is 12.2. The quantitative estimate of drug-likeness (QED) is 0.565. The first kappa shape index (κ1) is 18.9. The van der Waals surface area contributed by atoms with E-state index in [9.17, 15) is 13.2 Å². The van der Waals surface area contributed by atoms with Gasteiger partial charge >= 0.3 is 0 Å². The largest absolute Gasteiger partial charge is 0.325 e. The predicted molar refractivity (Wildman–Crippen MR) is 93.9 cm³/mol. The third-order valence-corrected chi connectivity index (χ3v) is 5.39. The molecule has 1 heterocycles. The molecule has 2 rings (SSSR count). The molecule has 1 fully saturated rings. The van der Waals surface area contributed by atoms with Crippen LogP contribution in [-0.4, -0.2) is 33.0 Å². The van der Waals surface area contributed by atoms with Gasteiger partial charge in [-0.05, 0) is 43.5 Å². The molecule has 0 bridgehead atoms. The molecule has 1 aliphatic rings. The summed E-state index contributed by atoms with van der Waals surface area (Å²) in [5, 5.41) is 2.81. The zero-order chi connectivity index (χ0) is 17.6. The summed E-state index contributed by atoms with van der Waals surface area (Å²) in [6.07, 6.45) is 3.56. The van der Waals surface area contributed by atoms with Crippen LogP contribution in [0.5, 0.6) is 0 Å². The Morgan fingerprint density at radius 2 is 1.88 bits per heavy atom. The van der Waals surface area contributed by atoms with E-state index in [2.05, 4.69) is 27.8 Å². The molecule has 24 heavy (non-hydrogen) atoms. The van der Waals surface area contributed by atoms with E-state index in [1.165, 1.54) is 12.1 Å². The molecule has 0 saturated carbocycles. The van der Waals surface area contributed by atoms with Crippen LogP contribution in [0, 0.1) is 0 Å². The van der Waals surface area contributed by atoms with Crippen LogP contribution in [0.1, 0.15) is 39.5 Å². The second-order valence-corrected chi connectivity index (χ2v) is 7.74. The molecule has 7 nitrogen and oxygen atoms in total. The van der Waals surface area contributed by atoms with E-state index in [0.717, 1.165) is 25.7 Å². The second-order valence-electron chi connectivity index (χ2n) is 5.97. The number of hydrogen-bond acceptors (Lipinski definition) is 5. The fourth-order valence-corrected chi connectivity index (χ4v) is 3.73. The van der Waals surface area contributed by atoms with Crippen molar-refractivity contribution >= 4 is 21.6 Å². The van der Waals surface area contributed by atoms with Gasteiger partial charge in [0, 0.05) is 18.3 Å². The molecule has 1 aliphatic heterocycles. The number of nitrogens with one attached hydrogen (secondary N) is 4. The molecule has 2 unspecified atom stereocenters. The van der Waals surface area contributed by atoms with Crippen LogP contribution in [0.25, 0.3) is 0 Å². The van der Waals surface area contributed by atoms with Crippen molar-refractivity contribution in [1.82, 2.24) is 15.6 Å². The molecule has 0 radical (unpaired) electrons. The summed E-state index contributed by atoms with van der Waals surface area (Å²) < 4.78 is 26.5. The predicted octanol–water partition coefficient (Wildman–Crippen LogP) is 1.35. The van der Waals surface area contributed by atoms with Crippen molar-refractivity contribution in [3.63, 3.8) is 0 Å². The SMILES string of the molecule is CCCNS(=O)(=O)c1ccc(NC(=O)C2CC(CCC)NN2)cc1. The van der Waals surface area contributed by atoms with E-state index in [4.69, 9.17) is 0 Å². The molecule has 4 N–H and O–H groups in total. The second kappa shape index (κ2) is 8.57. The molecular formula is C16H26N4O3S. The van der Waals surface area contributed by atoms with Gasteiger partial charge in [-0.2, -0.15) is 0 Å². The van der Waals surface area contributed by atoms with Crippen LogP contribution in [0.3, 0.4) is 0 Å². The van der Waals surface area contributed by atoms with E-state index < -0.39 is 10.0 Å². The summed E-state index contributed by atoms with van der Waals surface area (Å²) in [5.74, 6) is -0.124. The third-order valence-electron chi connectivity index (χ3n) is 3.91.